The summed E-state index contributed by atoms with van der Waals surface area (Å²) >= 11 is 0. The van der Waals surface area contributed by atoms with E-state index in [0.717, 1.165) is 5.56 Å². The molecule has 7 heteroatoms. The summed E-state index contributed by atoms with van der Waals surface area (Å²) < 4.78 is 0. The molecule has 1 aromatic heterocycles. The molecular weight excluding hydrogens is 306 g/mol. The summed E-state index contributed by atoms with van der Waals surface area (Å²) in [6.07, 6.45) is 0.683. The van der Waals surface area contributed by atoms with Crippen LogP contribution in [0.1, 0.15) is 40.2 Å². The number of carbonyl (C=O) groups is 1. The lowest BCUT2D eigenvalue weighted by atomic mass is 9.88. The molecule has 2 rings (SSSR count). The second kappa shape index (κ2) is 7.53. The van der Waals surface area contributed by atoms with Crippen molar-refractivity contribution in [3.63, 3.8) is 0 Å². The maximum Gasteiger partial charge on any atom is 0.246 e. The zero-order valence-corrected chi connectivity index (χ0v) is 14.6. The van der Waals surface area contributed by atoms with Crippen molar-refractivity contribution in [2.24, 2.45) is 5.41 Å². The van der Waals surface area contributed by atoms with Crippen molar-refractivity contribution in [1.29, 1.82) is 0 Å². The molecule has 0 fully saturated rings. The first kappa shape index (κ1) is 18.1. The predicted octanol–water partition coefficient (Wildman–Crippen LogP) is 1.81. The molecule has 7 nitrogen and oxygen atoms in total. The lowest BCUT2D eigenvalue weighted by Crippen LogP contribution is -2.43. The third-order valence-corrected chi connectivity index (χ3v) is 3.61. The van der Waals surface area contributed by atoms with E-state index in [9.17, 15) is 9.90 Å². The average Bonchev–Trinajstić information content (AvgIpc) is 3.02. The van der Waals surface area contributed by atoms with Gasteiger partial charge in [-0.05, 0) is 24.0 Å². The molecule has 2 atom stereocenters. The van der Waals surface area contributed by atoms with Crippen molar-refractivity contribution < 1.29 is 9.90 Å². The fourth-order valence-corrected chi connectivity index (χ4v) is 2.42. The van der Waals surface area contributed by atoms with Gasteiger partial charge in [-0.2, -0.15) is 4.80 Å². The highest BCUT2D eigenvalue weighted by Gasteiger charge is 2.24. The van der Waals surface area contributed by atoms with Crippen LogP contribution in [0.3, 0.4) is 0 Å². The summed E-state index contributed by atoms with van der Waals surface area (Å²) in [6, 6.07) is 8.57. The molecule has 2 aromatic rings. The Kier molecular flexibility index (Phi) is 5.66. The minimum Gasteiger partial charge on any atom is -0.394 e. The Bertz CT molecular complexity index is 663. The van der Waals surface area contributed by atoms with Gasteiger partial charge in [-0.25, -0.2) is 0 Å². The van der Waals surface area contributed by atoms with Crippen LogP contribution in [0.15, 0.2) is 30.3 Å². The molecule has 2 N–H and O–H groups in total. The lowest BCUT2D eigenvalue weighted by molar-refractivity contribution is -0.125. The average molecular weight is 331 g/mol. The van der Waals surface area contributed by atoms with Gasteiger partial charge < -0.3 is 10.4 Å². The summed E-state index contributed by atoms with van der Waals surface area (Å²) in [5.74, 6) is 0.235. The molecule has 24 heavy (non-hydrogen) atoms. The summed E-state index contributed by atoms with van der Waals surface area (Å²) in [4.78, 5) is 13.7. The van der Waals surface area contributed by atoms with Gasteiger partial charge in [0.1, 0.15) is 6.04 Å². The second-order valence-electron chi connectivity index (χ2n) is 7.13. The molecule has 2 unspecified atom stereocenters. The standard InChI is InChI=1S/C17H25N5O2/c1-12(16(24)18-14(11-23)10-17(2,3)4)22-20-15(19-21-22)13-8-6-5-7-9-13/h5-9,12,14,23H,10-11H2,1-4H3,(H,18,24). The van der Waals surface area contributed by atoms with Crippen LogP contribution in [0.25, 0.3) is 11.4 Å². The molecule has 0 saturated heterocycles. The molecule has 0 spiro atoms. The van der Waals surface area contributed by atoms with Gasteiger partial charge in [-0.1, -0.05) is 51.1 Å². The molecule has 130 valence electrons. The first-order valence-electron chi connectivity index (χ1n) is 8.06. The second-order valence-corrected chi connectivity index (χ2v) is 7.13. The molecule has 0 aliphatic heterocycles. The maximum atomic E-state index is 12.4. The van der Waals surface area contributed by atoms with E-state index < -0.39 is 6.04 Å². The Balaban J connectivity index is 2.04. The van der Waals surface area contributed by atoms with Crippen LogP contribution < -0.4 is 5.32 Å². The molecule has 0 aliphatic rings. The number of carbonyl (C=O) groups excluding carboxylic acids is 1. The number of nitrogens with zero attached hydrogens (tertiary/aromatic N) is 4. The Hall–Kier alpha value is -2.28. The topological polar surface area (TPSA) is 92.9 Å². The Labute approximate surface area is 142 Å². The van der Waals surface area contributed by atoms with Gasteiger partial charge in [0.25, 0.3) is 0 Å². The summed E-state index contributed by atoms with van der Waals surface area (Å²) in [6.45, 7) is 7.80. The number of hydrogen-bond donors (Lipinski definition) is 2. The molecule has 1 amide bonds. The minimum absolute atomic E-state index is 0.00982. The van der Waals surface area contributed by atoms with Gasteiger partial charge in [0.2, 0.25) is 11.7 Å². The van der Waals surface area contributed by atoms with Gasteiger partial charge in [-0.3, -0.25) is 4.79 Å². The van der Waals surface area contributed by atoms with Crippen molar-refractivity contribution in [1.82, 2.24) is 25.5 Å². The number of amides is 1. The van der Waals surface area contributed by atoms with Crippen LogP contribution in [0.4, 0.5) is 0 Å². The van der Waals surface area contributed by atoms with Crippen LogP contribution >= 0.6 is 0 Å². The van der Waals surface area contributed by atoms with Crippen molar-refractivity contribution >= 4 is 5.91 Å². The van der Waals surface area contributed by atoms with Crippen LogP contribution in [0.2, 0.25) is 0 Å². The minimum atomic E-state index is -0.607. The van der Waals surface area contributed by atoms with Crippen LogP contribution in [-0.4, -0.2) is 43.9 Å². The molecule has 0 aliphatic carbocycles. The summed E-state index contributed by atoms with van der Waals surface area (Å²) in [7, 11) is 0. The van der Waals surface area contributed by atoms with Crippen molar-refractivity contribution in [3.05, 3.63) is 30.3 Å². The smallest absolute Gasteiger partial charge is 0.246 e. The van der Waals surface area contributed by atoms with E-state index in [1.165, 1.54) is 4.80 Å². The molecule has 1 aromatic carbocycles. The van der Waals surface area contributed by atoms with Crippen molar-refractivity contribution in [2.45, 2.75) is 46.2 Å². The normalized spacial score (nSPS) is 14.2. The first-order chi connectivity index (χ1) is 11.3. The molecular formula is C17H25N5O2. The number of nitrogens with one attached hydrogen (secondary N) is 1. The number of aromatic nitrogens is 4. The van der Waals surface area contributed by atoms with E-state index in [0.29, 0.717) is 12.2 Å². The SMILES string of the molecule is CC(C(=O)NC(CO)CC(C)(C)C)n1nnc(-c2ccccc2)n1. The van der Waals surface area contributed by atoms with Crippen LogP contribution in [0.5, 0.6) is 0 Å². The maximum absolute atomic E-state index is 12.4. The lowest BCUT2D eigenvalue weighted by Gasteiger charge is -2.26. The van der Waals surface area contributed by atoms with E-state index in [-0.39, 0.29) is 24.0 Å². The quantitative estimate of drug-likeness (QED) is 0.842. The zero-order valence-electron chi connectivity index (χ0n) is 14.6. The zero-order chi connectivity index (χ0) is 17.7. The number of aliphatic hydroxyl groups excluding tert-OH is 1. The van der Waals surface area contributed by atoms with Crippen LogP contribution in [-0.2, 0) is 4.79 Å². The van der Waals surface area contributed by atoms with Gasteiger partial charge in [0.15, 0.2) is 0 Å². The first-order valence-corrected chi connectivity index (χ1v) is 8.06. The molecule has 0 saturated carbocycles. The summed E-state index contributed by atoms with van der Waals surface area (Å²) in [5.41, 5.74) is 0.855. The number of aliphatic hydroxyl groups is 1. The van der Waals surface area contributed by atoms with E-state index >= 15 is 0 Å². The van der Waals surface area contributed by atoms with Gasteiger partial charge >= 0.3 is 0 Å². The van der Waals surface area contributed by atoms with E-state index in [2.05, 4.69) is 41.5 Å². The number of tetrazole rings is 1. The number of rotatable bonds is 6. The third-order valence-electron chi connectivity index (χ3n) is 3.61. The number of benzene rings is 1. The molecule has 1 heterocycles. The largest absolute Gasteiger partial charge is 0.394 e. The fourth-order valence-electron chi connectivity index (χ4n) is 2.42. The molecule has 0 radical (unpaired) electrons. The van der Waals surface area contributed by atoms with E-state index in [4.69, 9.17) is 0 Å². The number of hydrogen-bond acceptors (Lipinski definition) is 5. The predicted molar refractivity (Wildman–Crippen MR) is 91.1 cm³/mol. The highest BCUT2D eigenvalue weighted by atomic mass is 16.3. The summed E-state index contributed by atoms with van der Waals surface area (Å²) in [5, 5.41) is 24.6. The Morgan fingerprint density at radius 1 is 1.29 bits per heavy atom. The van der Waals surface area contributed by atoms with E-state index in [1.54, 1.807) is 6.92 Å². The Morgan fingerprint density at radius 2 is 1.96 bits per heavy atom. The fraction of sp³-hybridized carbons (Fsp3) is 0.529. The third kappa shape index (κ3) is 4.86. The van der Waals surface area contributed by atoms with Gasteiger partial charge in [0.05, 0.1) is 12.6 Å². The van der Waals surface area contributed by atoms with Crippen molar-refractivity contribution in [3.8, 4) is 11.4 Å². The van der Waals surface area contributed by atoms with Crippen LogP contribution in [0, 0.1) is 5.41 Å². The highest BCUT2D eigenvalue weighted by Crippen LogP contribution is 2.21. The molecule has 0 bridgehead atoms. The monoisotopic (exact) mass is 331 g/mol. The van der Waals surface area contributed by atoms with Crippen molar-refractivity contribution in [2.75, 3.05) is 6.61 Å². The Morgan fingerprint density at radius 3 is 2.54 bits per heavy atom. The van der Waals surface area contributed by atoms with Gasteiger partial charge in [0, 0.05) is 5.56 Å². The van der Waals surface area contributed by atoms with E-state index in [1.807, 2.05) is 30.3 Å². The van der Waals surface area contributed by atoms with Gasteiger partial charge in [-0.15, -0.1) is 10.2 Å². The highest BCUT2D eigenvalue weighted by molar-refractivity contribution is 5.80.